The summed E-state index contributed by atoms with van der Waals surface area (Å²) in [7, 11) is 0. The molecule has 0 fully saturated rings. The van der Waals surface area contributed by atoms with Crippen molar-refractivity contribution in [2.24, 2.45) is 0 Å². The molecule has 2 aromatic rings. The van der Waals surface area contributed by atoms with Gasteiger partial charge >= 0.3 is 0 Å². The fourth-order valence-electron chi connectivity index (χ4n) is 2.66. The molecule has 3 rings (SSSR count). The third kappa shape index (κ3) is 4.45. The van der Waals surface area contributed by atoms with Gasteiger partial charge in [0.15, 0.2) is 17.6 Å². The zero-order valence-corrected chi connectivity index (χ0v) is 14.8. The molecule has 0 saturated carbocycles. The van der Waals surface area contributed by atoms with Crippen molar-refractivity contribution in [3.05, 3.63) is 53.8 Å². The molecule has 2 unspecified atom stereocenters. The maximum Gasteiger partial charge on any atom is 0.261 e. The van der Waals surface area contributed by atoms with Crippen molar-refractivity contribution in [1.29, 1.82) is 0 Å². The van der Waals surface area contributed by atoms with Gasteiger partial charge in [-0.1, -0.05) is 12.1 Å². The predicted octanol–water partition coefficient (Wildman–Crippen LogP) is 3.63. The van der Waals surface area contributed by atoms with E-state index in [1.54, 1.807) is 13.0 Å². The summed E-state index contributed by atoms with van der Waals surface area (Å²) in [5.74, 6) is 1.03. The van der Waals surface area contributed by atoms with E-state index in [-0.39, 0.29) is 11.9 Å². The first-order chi connectivity index (χ1) is 12.5. The zero-order valence-electron chi connectivity index (χ0n) is 14.8. The van der Waals surface area contributed by atoms with Crippen molar-refractivity contribution >= 4 is 5.91 Å². The molecule has 1 heterocycles. The van der Waals surface area contributed by atoms with Gasteiger partial charge in [0, 0.05) is 12.5 Å². The lowest BCUT2D eigenvalue weighted by molar-refractivity contribution is -0.127. The second kappa shape index (κ2) is 8.08. The molecule has 1 aliphatic heterocycles. The summed E-state index contributed by atoms with van der Waals surface area (Å²) in [5, 5.41) is 2.90. The number of hydrogen-bond acceptors (Lipinski definition) is 4. The van der Waals surface area contributed by atoms with E-state index in [1.165, 1.54) is 18.2 Å². The standard InChI is InChI=1S/C20H22FNO4/c1-13(15-7-8-18-19(11-15)25-10-4-9-24-18)22-20(23)14(2)26-17-6-3-5-16(21)12-17/h3,5-8,11-14H,4,9-10H2,1-2H3,(H,22,23). The average molecular weight is 359 g/mol. The maximum absolute atomic E-state index is 13.2. The molecule has 1 N–H and O–H groups in total. The molecular weight excluding hydrogens is 337 g/mol. The smallest absolute Gasteiger partial charge is 0.261 e. The molecule has 0 aromatic heterocycles. The molecule has 2 atom stereocenters. The van der Waals surface area contributed by atoms with Gasteiger partial charge in [0.05, 0.1) is 19.3 Å². The van der Waals surface area contributed by atoms with Crippen molar-refractivity contribution in [3.63, 3.8) is 0 Å². The number of ether oxygens (including phenoxy) is 3. The van der Waals surface area contributed by atoms with Gasteiger partial charge in [-0.3, -0.25) is 4.79 Å². The lowest BCUT2D eigenvalue weighted by Gasteiger charge is -2.20. The normalized spacial score (nSPS) is 15.5. The number of hydrogen-bond donors (Lipinski definition) is 1. The number of carbonyl (C=O) groups is 1. The Kier molecular flexibility index (Phi) is 5.61. The summed E-state index contributed by atoms with van der Waals surface area (Å²) in [5.41, 5.74) is 0.903. The van der Waals surface area contributed by atoms with Crippen LogP contribution in [0.2, 0.25) is 0 Å². The SMILES string of the molecule is CC(Oc1cccc(F)c1)C(=O)NC(C)c1ccc2c(c1)OCCCO2. The molecule has 0 aliphatic carbocycles. The molecule has 5 nitrogen and oxygen atoms in total. The van der Waals surface area contributed by atoms with Crippen LogP contribution < -0.4 is 19.5 Å². The van der Waals surface area contributed by atoms with Gasteiger partial charge < -0.3 is 19.5 Å². The molecule has 6 heteroatoms. The van der Waals surface area contributed by atoms with Crippen LogP contribution in [0.3, 0.4) is 0 Å². The van der Waals surface area contributed by atoms with Crippen LogP contribution in [0.5, 0.6) is 17.2 Å². The maximum atomic E-state index is 13.2. The van der Waals surface area contributed by atoms with Crippen LogP contribution in [0.1, 0.15) is 31.9 Å². The highest BCUT2D eigenvalue weighted by molar-refractivity contribution is 5.81. The molecule has 138 valence electrons. The summed E-state index contributed by atoms with van der Waals surface area (Å²) in [6.45, 7) is 4.75. The van der Waals surface area contributed by atoms with Crippen LogP contribution in [-0.2, 0) is 4.79 Å². The van der Waals surface area contributed by atoms with Crippen molar-refractivity contribution in [2.45, 2.75) is 32.4 Å². The van der Waals surface area contributed by atoms with Crippen LogP contribution in [-0.4, -0.2) is 25.2 Å². The number of nitrogens with one attached hydrogen (secondary N) is 1. The van der Waals surface area contributed by atoms with Gasteiger partial charge in [0.25, 0.3) is 5.91 Å². The molecule has 1 amide bonds. The van der Waals surface area contributed by atoms with E-state index >= 15 is 0 Å². The predicted molar refractivity (Wildman–Crippen MR) is 95.1 cm³/mol. The second-order valence-electron chi connectivity index (χ2n) is 6.20. The van der Waals surface area contributed by atoms with E-state index in [9.17, 15) is 9.18 Å². The zero-order chi connectivity index (χ0) is 18.5. The Hall–Kier alpha value is -2.76. The summed E-state index contributed by atoms with van der Waals surface area (Å²) in [6.07, 6.45) is 0.0882. The van der Waals surface area contributed by atoms with Crippen molar-refractivity contribution in [3.8, 4) is 17.2 Å². The molecule has 2 aromatic carbocycles. The first kappa shape index (κ1) is 18.0. The summed E-state index contributed by atoms with van der Waals surface area (Å²) >= 11 is 0. The average Bonchev–Trinajstić information content (AvgIpc) is 2.86. The van der Waals surface area contributed by atoms with Crippen molar-refractivity contribution in [2.75, 3.05) is 13.2 Å². The summed E-state index contributed by atoms with van der Waals surface area (Å²) in [6, 6.07) is 11.1. The third-order valence-corrected chi connectivity index (χ3v) is 4.11. The van der Waals surface area contributed by atoms with Gasteiger partial charge in [0.2, 0.25) is 0 Å². The number of fused-ring (bicyclic) bond motifs is 1. The van der Waals surface area contributed by atoms with E-state index in [2.05, 4.69) is 5.32 Å². The lowest BCUT2D eigenvalue weighted by atomic mass is 10.1. The van der Waals surface area contributed by atoms with E-state index in [0.717, 1.165) is 12.0 Å². The van der Waals surface area contributed by atoms with Gasteiger partial charge in [0.1, 0.15) is 11.6 Å². The number of carbonyl (C=O) groups excluding carboxylic acids is 1. The Morgan fingerprint density at radius 2 is 1.88 bits per heavy atom. The number of rotatable bonds is 5. The molecule has 0 bridgehead atoms. The molecule has 1 aliphatic rings. The minimum Gasteiger partial charge on any atom is -0.490 e. The second-order valence-corrected chi connectivity index (χ2v) is 6.20. The van der Waals surface area contributed by atoms with E-state index in [4.69, 9.17) is 14.2 Å². The molecule has 26 heavy (non-hydrogen) atoms. The van der Waals surface area contributed by atoms with Gasteiger partial charge in [-0.25, -0.2) is 4.39 Å². The molecule has 0 saturated heterocycles. The molecule has 0 radical (unpaired) electrons. The largest absolute Gasteiger partial charge is 0.490 e. The lowest BCUT2D eigenvalue weighted by Crippen LogP contribution is -2.37. The minimum atomic E-state index is -0.750. The molecular formula is C20H22FNO4. The number of benzene rings is 2. The topological polar surface area (TPSA) is 56.8 Å². The van der Waals surface area contributed by atoms with Gasteiger partial charge in [-0.05, 0) is 43.7 Å². The Bertz CT molecular complexity index is 780. The van der Waals surface area contributed by atoms with E-state index in [1.807, 2.05) is 25.1 Å². The van der Waals surface area contributed by atoms with Crippen LogP contribution in [0.25, 0.3) is 0 Å². The van der Waals surface area contributed by atoms with E-state index < -0.39 is 11.9 Å². The fraction of sp³-hybridized carbons (Fsp3) is 0.350. The summed E-state index contributed by atoms with van der Waals surface area (Å²) in [4.78, 5) is 12.4. The quantitative estimate of drug-likeness (QED) is 0.886. The van der Waals surface area contributed by atoms with Crippen molar-refractivity contribution < 1.29 is 23.4 Å². The fourth-order valence-corrected chi connectivity index (χ4v) is 2.66. The van der Waals surface area contributed by atoms with Crippen LogP contribution in [0.4, 0.5) is 4.39 Å². The Balaban J connectivity index is 1.62. The van der Waals surface area contributed by atoms with Gasteiger partial charge in [-0.15, -0.1) is 0 Å². The van der Waals surface area contributed by atoms with E-state index in [0.29, 0.717) is 30.5 Å². The monoisotopic (exact) mass is 359 g/mol. The Morgan fingerprint density at radius 1 is 1.12 bits per heavy atom. The minimum absolute atomic E-state index is 0.238. The third-order valence-electron chi connectivity index (χ3n) is 4.11. The Morgan fingerprint density at radius 3 is 2.65 bits per heavy atom. The van der Waals surface area contributed by atoms with Gasteiger partial charge in [-0.2, -0.15) is 0 Å². The highest BCUT2D eigenvalue weighted by Gasteiger charge is 2.19. The molecule has 0 spiro atoms. The first-order valence-corrected chi connectivity index (χ1v) is 8.65. The highest BCUT2D eigenvalue weighted by Crippen LogP contribution is 2.32. The van der Waals surface area contributed by atoms with Crippen LogP contribution in [0, 0.1) is 5.82 Å². The Labute approximate surface area is 152 Å². The first-order valence-electron chi connectivity index (χ1n) is 8.65. The number of amides is 1. The van der Waals surface area contributed by atoms with Crippen LogP contribution in [0.15, 0.2) is 42.5 Å². The van der Waals surface area contributed by atoms with Crippen molar-refractivity contribution in [1.82, 2.24) is 5.32 Å². The van der Waals surface area contributed by atoms with Crippen LogP contribution >= 0.6 is 0 Å². The highest BCUT2D eigenvalue weighted by atomic mass is 19.1. The summed E-state index contributed by atoms with van der Waals surface area (Å²) < 4.78 is 30.0. The number of halogens is 1.